The van der Waals surface area contributed by atoms with Gasteiger partial charge in [-0.05, 0) is 29.0 Å². The lowest BCUT2D eigenvalue weighted by molar-refractivity contribution is 0.0955. The highest BCUT2D eigenvalue weighted by molar-refractivity contribution is 7.13. The molecule has 0 unspecified atom stereocenters. The van der Waals surface area contributed by atoms with Crippen LogP contribution in [0.4, 0.5) is 0 Å². The molecule has 19 heavy (non-hydrogen) atoms. The molecule has 3 nitrogen and oxygen atoms in total. The molecule has 1 amide bonds. The summed E-state index contributed by atoms with van der Waals surface area (Å²) in [5, 5.41) is 5.29. The van der Waals surface area contributed by atoms with Crippen LogP contribution in [0, 0.1) is 6.92 Å². The summed E-state index contributed by atoms with van der Waals surface area (Å²) in [6, 6.07) is 7.80. The number of halogens is 1. The van der Waals surface area contributed by atoms with Crippen molar-refractivity contribution in [2.24, 2.45) is 5.73 Å². The number of carbonyl (C=O) groups is 1. The van der Waals surface area contributed by atoms with Gasteiger partial charge in [-0.2, -0.15) is 0 Å². The third kappa shape index (κ3) is 3.15. The van der Waals surface area contributed by atoms with Crippen molar-refractivity contribution < 1.29 is 4.79 Å². The van der Waals surface area contributed by atoms with Gasteiger partial charge in [0.1, 0.15) is 4.88 Å². The molecular weight excluding hydrogens is 280 g/mol. The van der Waals surface area contributed by atoms with Gasteiger partial charge in [-0.3, -0.25) is 4.79 Å². The molecule has 0 fully saturated rings. The van der Waals surface area contributed by atoms with E-state index in [0.29, 0.717) is 23.0 Å². The Kier molecular flexibility index (Phi) is 4.58. The van der Waals surface area contributed by atoms with Crippen molar-refractivity contribution in [1.29, 1.82) is 0 Å². The molecule has 0 saturated carbocycles. The van der Waals surface area contributed by atoms with E-state index in [2.05, 4.69) is 5.32 Å². The second-order valence-electron chi connectivity index (χ2n) is 4.22. The van der Waals surface area contributed by atoms with Crippen LogP contribution in [0.1, 0.15) is 26.4 Å². The Balaban J connectivity index is 2.07. The minimum Gasteiger partial charge on any atom is -0.347 e. The summed E-state index contributed by atoms with van der Waals surface area (Å²) in [6.45, 7) is 2.81. The first-order valence-corrected chi connectivity index (χ1v) is 7.18. The van der Waals surface area contributed by atoms with Crippen molar-refractivity contribution in [1.82, 2.24) is 5.32 Å². The highest BCUT2D eigenvalue weighted by Gasteiger charge is 2.14. The van der Waals surface area contributed by atoms with Gasteiger partial charge in [0.15, 0.2) is 0 Å². The Morgan fingerprint density at radius 3 is 2.63 bits per heavy atom. The summed E-state index contributed by atoms with van der Waals surface area (Å²) < 4.78 is 0. The Hall–Kier alpha value is -1.36. The molecule has 1 heterocycles. The van der Waals surface area contributed by atoms with Crippen molar-refractivity contribution in [3.05, 3.63) is 56.2 Å². The molecule has 2 rings (SSSR count). The van der Waals surface area contributed by atoms with Crippen molar-refractivity contribution in [2.45, 2.75) is 20.0 Å². The minimum atomic E-state index is -0.144. The molecule has 0 spiro atoms. The van der Waals surface area contributed by atoms with Crippen molar-refractivity contribution in [3.8, 4) is 0 Å². The molecule has 1 aromatic heterocycles. The average Bonchev–Trinajstić information content (AvgIpc) is 2.77. The maximum atomic E-state index is 12.0. The highest BCUT2D eigenvalue weighted by Crippen LogP contribution is 2.26. The first-order valence-electron chi connectivity index (χ1n) is 5.92. The summed E-state index contributed by atoms with van der Waals surface area (Å²) in [5.74, 6) is -0.144. The zero-order valence-electron chi connectivity index (χ0n) is 10.6. The number of benzene rings is 1. The maximum Gasteiger partial charge on any atom is 0.263 e. The summed E-state index contributed by atoms with van der Waals surface area (Å²) in [4.78, 5) is 12.6. The summed E-state index contributed by atoms with van der Waals surface area (Å²) in [6.07, 6.45) is 0. The summed E-state index contributed by atoms with van der Waals surface area (Å²) in [5.41, 5.74) is 8.66. The van der Waals surface area contributed by atoms with E-state index in [1.165, 1.54) is 11.3 Å². The SMILES string of the molecule is Cc1csc(C(=O)NCc2ccccc2CN)c1Cl. The van der Waals surface area contributed by atoms with E-state index in [1.807, 2.05) is 36.6 Å². The number of amides is 1. The molecular formula is C14H15ClN2OS. The Morgan fingerprint density at radius 1 is 1.37 bits per heavy atom. The van der Waals surface area contributed by atoms with E-state index in [0.717, 1.165) is 16.7 Å². The number of hydrogen-bond donors (Lipinski definition) is 2. The van der Waals surface area contributed by atoms with Gasteiger partial charge < -0.3 is 11.1 Å². The lowest BCUT2D eigenvalue weighted by Gasteiger charge is -2.08. The average molecular weight is 295 g/mol. The topological polar surface area (TPSA) is 55.1 Å². The van der Waals surface area contributed by atoms with Crippen LogP contribution >= 0.6 is 22.9 Å². The summed E-state index contributed by atoms with van der Waals surface area (Å²) in [7, 11) is 0. The van der Waals surface area contributed by atoms with E-state index in [1.54, 1.807) is 0 Å². The fourth-order valence-electron chi connectivity index (χ4n) is 1.77. The maximum absolute atomic E-state index is 12.0. The largest absolute Gasteiger partial charge is 0.347 e. The van der Waals surface area contributed by atoms with Crippen molar-refractivity contribution in [2.75, 3.05) is 0 Å². The molecule has 2 aromatic rings. The molecule has 0 aliphatic heterocycles. The number of carbonyl (C=O) groups excluding carboxylic acids is 1. The first-order chi connectivity index (χ1) is 9.13. The molecule has 1 aromatic carbocycles. The molecule has 0 aliphatic rings. The van der Waals surface area contributed by atoms with Gasteiger partial charge in [0.25, 0.3) is 5.91 Å². The van der Waals surface area contributed by atoms with E-state index in [4.69, 9.17) is 17.3 Å². The Morgan fingerprint density at radius 2 is 2.05 bits per heavy atom. The van der Waals surface area contributed by atoms with Crippen molar-refractivity contribution in [3.63, 3.8) is 0 Å². The van der Waals surface area contributed by atoms with Crippen LogP contribution in [-0.2, 0) is 13.1 Å². The fourth-order valence-corrected chi connectivity index (χ4v) is 2.96. The number of thiophene rings is 1. The molecule has 0 atom stereocenters. The normalized spacial score (nSPS) is 10.5. The third-order valence-corrected chi connectivity index (χ3v) is 4.58. The van der Waals surface area contributed by atoms with Crippen LogP contribution in [0.15, 0.2) is 29.6 Å². The van der Waals surface area contributed by atoms with Gasteiger partial charge in [-0.25, -0.2) is 0 Å². The van der Waals surface area contributed by atoms with Crippen molar-refractivity contribution >= 4 is 28.8 Å². The first kappa shape index (κ1) is 14.1. The molecule has 3 N–H and O–H groups in total. The predicted molar refractivity (Wildman–Crippen MR) is 79.6 cm³/mol. The van der Waals surface area contributed by atoms with Gasteiger partial charge in [-0.1, -0.05) is 35.9 Å². The zero-order chi connectivity index (χ0) is 13.8. The van der Waals surface area contributed by atoms with E-state index >= 15 is 0 Å². The second kappa shape index (κ2) is 6.19. The number of nitrogens with one attached hydrogen (secondary N) is 1. The molecule has 0 radical (unpaired) electrons. The smallest absolute Gasteiger partial charge is 0.263 e. The lowest BCUT2D eigenvalue weighted by atomic mass is 10.1. The lowest BCUT2D eigenvalue weighted by Crippen LogP contribution is -2.23. The van der Waals surface area contributed by atoms with Gasteiger partial charge >= 0.3 is 0 Å². The van der Waals surface area contributed by atoms with Crippen LogP contribution in [-0.4, -0.2) is 5.91 Å². The fraction of sp³-hybridized carbons (Fsp3) is 0.214. The molecule has 0 bridgehead atoms. The third-order valence-electron chi connectivity index (χ3n) is 2.88. The van der Waals surface area contributed by atoms with E-state index in [-0.39, 0.29) is 5.91 Å². The molecule has 5 heteroatoms. The van der Waals surface area contributed by atoms with Crippen LogP contribution < -0.4 is 11.1 Å². The van der Waals surface area contributed by atoms with Crippen LogP contribution in [0.25, 0.3) is 0 Å². The van der Waals surface area contributed by atoms with Gasteiger partial charge in [0, 0.05) is 13.1 Å². The van der Waals surface area contributed by atoms with Crippen LogP contribution in [0.2, 0.25) is 5.02 Å². The van der Waals surface area contributed by atoms with E-state index < -0.39 is 0 Å². The molecule has 0 saturated heterocycles. The quantitative estimate of drug-likeness (QED) is 0.910. The van der Waals surface area contributed by atoms with Gasteiger partial charge in [-0.15, -0.1) is 11.3 Å². The number of nitrogens with two attached hydrogens (primary N) is 1. The van der Waals surface area contributed by atoms with Gasteiger partial charge in [0.05, 0.1) is 5.02 Å². The van der Waals surface area contributed by atoms with Crippen LogP contribution in [0.5, 0.6) is 0 Å². The second-order valence-corrected chi connectivity index (χ2v) is 5.47. The zero-order valence-corrected chi connectivity index (χ0v) is 12.1. The minimum absolute atomic E-state index is 0.144. The number of hydrogen-bond acceptors (Lipinski definition) is 3. The number of rotatable bonds is 4. The molecule has 0 aliphatic carbocycles. The Labute approximate surface area is 121 Å². The predicted octanol–water partition coefficient (Wildman–Crippen LogP) is 3.10. The highest BCUT2D eigenvalue weighted by atomic mass is 35.5. The number of aryl methyl sites for hydroxylation is 1. The Bertz CT molecular complexity index is 595. The molecule has 100 valence electrons. The summed E-state index contributed by atoms with van der Waals surface area (Å²) >= 11 is 7.43. The van der Waals surface area contributed by atoms with E-state index in [9.17, 15) is 4.79 Å². The monoisotopic (exact) mass is 294 g/mol. The van der Waals surface area contributed by atoms with Gasteiger partial charge in [0.2, 0.25) is 0 Å². The standard InChI is InChI=1S/C14H15ClN2OS/c1-9-8-19-13(12(9)15)14(18)17-7-11-5-3-2-4-10(11)6-16/h2-5,8H,6-7,16H2,1H3,(H,17,18). The van der Waals surface area contributed by atoms with Crippen LogP contribution in [0.3, 0.4) is 0 Å².